The first-order chi connectivity index (χ1) is 30.7. The molecule has 1 saturated heterocycles. The summed E-state index contributed by atoms with van der Waals surface area (Å²) >= 11 is 6.25. The van der Waals surface area contributed by atoms with Gasteiger partial charge in [-0.25, -0.2) is 18.1 Å². The van der Waals surface area contributed by atoms with Gasteiger partial charge in [0.05, 0.1) is 33.7 Å². The number of benzene rings is 3. The van der Waals surface area contributed by atoms with E-state index in [2.05, 4.69) is 55.5 Å². The van der Waals surface area contributed by atoms with Gasteiger partial charge in [-0.1, -0.05) is 49.2 Å². The zero-order chi connectivity index (χ0) is 44.8. The number of carbonyl (C=O) groups is 1. The van der Waals surface area contributed by atoms with Crippen molar-refractivity contribution in [2.45, 2.75) is 57.3 Å². The number of carbonyl (C=O) groups excluding carboxylic acids is 1. The molecule has 1 aliphatic carbocycles. The Labute approximate surface area is 376 Å². The number of hydrogen-bond acceptors (Lipinski definition) is 11. The second kappa shape index (κ2) is 17.4. The number of aromatic amines is 1. The smallest absolute Gasteiger partial charge is 0.277 e. The zero-order valence-electron chi connectivity index (χ0n) is 35.8. The van der Waals surface area contributed by atoms with Crippen LogP contribution in [0.15, 0.2) is 108 Å². The molecule has 5 heterocycles. The highest BCUT2D eigenvalue weighted by atomic mass is 35.5. The number of H-pyrrole nitrogens is 1. The van der Waals surface area contributed by atoms with Crippen LogP contribution in [0.2, 0.25) is 5.02 Å². The summed E-state index contributed by atoms with van der Waals surface area (Å²) in [4.78, 5) is 41.9. The third kappa shape index (κ3) is 9.19. The number of anilines is 1. The average molecular weight is 902 g/mol. The summed E-state index contributed by atoms with van der Waals surface area (Å²) in [5.41, 5.74) is 7.23. The van der Waals surface area contributed by atoms with Crippen LogP contribution in [0.3, 0.4) is 0 Å². The fourth-order valence-electron chi connectivity index (χ4n) is 8.88. The quantitative estimate of drug-likeness (QED) is 0.0938. The Hall–Kier alpha value is -6.29. The van der Waals surface area contributed by atoms with Gasteiger partial charge in [-0.05, 0) is 97.2 Å². The van der Waals surface area contributed by atoms with Crippen LogP contribution in [0.4, 0.5) is 11.4 Å². The number of aryl methyl sites for hydroxylation is 1. The monoisotopic (exact) mass is 901 g/mol. The third-order valence-electron chi connectivity index (χ3n) is 12.5. The molecule has 9 rings (SSSR count). The lowest BCUT2D eigenvalue weighted by Gasteiger charge is -2.39. The fraction of sp³-hybridized carbons (Fsp3) is 0.312. The molecule has 64 heavy (non-hydrogen) atoms. The topological polar surface area (TPSA) is 173 Å². The molecule has 0 radical (unpaired) electrons. The molecule has 1 atom stereocenters. The van der Waals surface area contributed by atoms with Crippen molar-refractivity contribution in [1.29, 1.82) is 0 Å². The molecule has 3 aromatic carbocycles. The summed E-state index contributed by atoms with van der Waals surface area (Å²) in [6, 6.07) is 22.8. The van der Waals surface area contributed by atoms with E-state index >= 15 is 0 Å². The number of nitro groups is 1. The minimum Gasteiger partial charge on any atom is -0.492 e. The van der Waals surface area contributed by atoms with Crippen LogP contribution in [-0.4, -0.2) is 78.4 Å². The second-order valence-corrected chi connectivity index (χ2v) is 19.8. The Morgan fingerprint density at radius 2 is 1.81 bits per heavy atom. The number of halogens is 1. The van der Waals surface area contributed by atoms with Gasteiger partial charge in [0.1, 0.15) is 22.9 Å². The van der Waals surface area contributed by atoms with E-state index in [1.54, 1.807) is 30.6 Å². The van der Waals surface area contributed by atoms with Crippen molar-refractivity contribution in [1.82, 2.24) is 24.6 Å². The molecule has 6 aromatic rings. The van der Waals surface area contributed by atoms with Crippen LogP contribution in [0, 0.1) is 22.5 Å². The summed E-state index contributed by atoms with van der Waals surface area (Å²) in [6.07, 6.45) is 8.40. The Kier molecular flexibility index (Phi) is 11.7. The van der Waals surface area contributed by atoms with E-state index in [1.807, 2.05) is 37.3 Å². The van der Waals surface area contributed by atoms with Crippen molar-refractivity contribution >= 4 is 55.5 Å². The summed E-state index contributed by atoms with van der Waals surface area (Å²) in [6.45, 7) is 10.6. The van der Waals surface area contributed by atoms with Crippen molar-refractivity contribution in [3.05, 3.63) is 146 Å². The summed E-state index contributed by atoms with van der Waals surface area (Å²) in [7, 11) is -4.65. The van der Waals surface area contributed by atoms with E-state index < -0.39 is 31.4 Å². The van der Waals surface area contributed by atoms with Crippen LogP contribution >= 0.6 is 11.6 Å². The molecule has 3 aromatic heterocycles. The number of sulfonamides is 1. The molecule has 0 saturated carbocycles. The van der Waals surface area contributed by atoms with E-state index in [9.17, 15) is 23.3 Å². The van der Waals surface area contributed by atoms with Crippen LogP contribution in [0.25, 0.3) is 16.6 Å². The van der Waals surface area contributed by atoms with Gasteiger partial charge in [0.25, 0.3) is 21.6 Å². The van der Waals surface area contributed by atoms with Gasteiger partial charge in [0, 0.05) is 91.0 Å². The Bertz CT molecular complexity index is 2910. The molecule has 0 bridgehead atoms. The van der Waals surface area contributed by atoms with Crippen molar-refractivity contribution in [2.75, 3.05) is 44.2 Å². The van der Waals surface area contributed by atoms with Gasteiger partial charge >= 0.3 is 0 Å². The first kappa shape index (κ1) is 43.0. The van der Waals surface area contributed by atoms with Gasteiger partial charge in [-0.3, -0.25) is 24.8 Å². The number of amides is 1. The maximum Gasteiger partial charge on any atom is 0.277 e. The third-order valence-corrected chi connectivity index (χ3v) is 14.0. The highest BCUT2D eigenvalue weighted by molar-refractivity contribution is 7.90. The molecule has 2 N–H and O–H groups in total. The SMILES string of the molecule is Cc1ccc([C@@H]2COc3cc(S(=O)(=O)NC(=O)c4ccc(N5CCN(CC6=C(c7ccc(Cl)cc7)CC(C)(C)CC6)CC5)cc4Oc4cnc5[nH]ccc5c4)cc([N+](=O)[O-])c3C2)nc1. The Morgan fingerprint density at radius 3 is 2.56 bits per heavy atom. The molecule has 330 valence electrons. The van der Waals surface area contributed by atoms with Crippen molar-refractivity contribution in [2.24, 2.45) is 5.41 Å². The molecule has 16 heteroatoms. The number of aromatic nitrogens is 3. The largest absolute Gasteiger partial charge is 0.492 e. The molecular weight excluding hydrogens is 854 g/mol. The molecule has 0 unspecified atom stereocenters. The average Bonchev–Trinajstić information content (AvgIpc) is 3.75. The number of piperazine rings is 1. The minimum absolute atomic E-state index is 0.0563. The molecule has 2 aliphatic heterocycles. The Balaban J connectivity index is 0.953. The van der Waals surface area contributed by atoms with Crippen LogP contribution in [0.5, 0.6) is 17.2 Å². The van der Waals surface area contributed by atoms with Crippen molar-refractivity contribution < 1.29 is 27.6 Å². The molecular formula is C48H48ClN7O7S. The van der Waals surface area contributed by atoms with E-state index in [1.165, 1.54) is 35.0 Å². The number of nitrogens with zero attached hydrogens (tertiary/aromatic N) is 5. The maximum absolute atomic E-state index is 14.1. The highest BCUT2D eigenvalue weighted by Gasteiger charge is 2.34. The second-order valence-electron chi connectivity index (χ2n) is 17.6. The van der Waals surface area contributed by atoms with E-state index in [-0.39, 0.29) is 47.0 Å². The fourth-order valence-corrected chi connectivity index (χ4v) is 10.0. The number of ether oxygens (including phenoxy) is 2. The highest BCUT2D eigenvalue weighted by Crippen LogP contribution is 2.44. The molecule has 14 nitrogen and oxygen atoms in total. The number of hydrogen-bond donors (Lipinski definition) is 2. The maximum atomic E-state index is 14.1. The zero-order valence-corrected chi connectivity index (χ0v) is 37.3. The predicted molar refractivity (Wildman–Crippen MR) is 246 cm³/mol. The lowest BCUT2D eigenvalue weighted by Crippen LogP contribution is -2.47. The normalized spacial score (nSPS) is 17.8. The number of rotatable bonds is 11. The van der Waals surface area contributed by atoms with Crippen molar-refractivity contribution in [3.8, 4) is 17.2 Å². The van der Waals surface area contributed by atoms with Gasteiger partial charge in [-0.2, -0.15) is 0 Å². The number of pyridine rings is 2. The predicted octanol–water partition coefficient (Wildman–Crippen LogP) is 9.24. The first-order valence-electron chi connectivity index (χ1n) is 21.3. The number of nitro benzene ring substituents is 1. The van der Waals surface area contributed by atoms with Gasteiger partial charge < -0.3 is 19.4 Å². The first-order valence-corrected chi connectivity index (χ1v) is 23.2. The van der Waals surface area contributed by atoms with Crippen molar-refractivity contribution in [3.63, 3.8) is 0 Å². The number of nitrogens with one attached hydrogen (secondary N) is 2. The van der Waals surface area contributed by atoms with E-state index in [0.717, 1.165) is 66.6 Å². The Morgan fingerprint density at radius 1 is 1.02 bits per heavy atom. The van der Waals surface area contributed by atoms with Gasteiger partial charge in [0.15, 0.2) is 0 Å². The lowest BCUT2D eigenvalue weighted by atomic mass is 9.72. The van der Waals surface area contributed by atoms with Gasteiger partial charge in [0.2, 0.25) is 0 Å². The van der Waals surface area contributed by atoms with E-state index in [4.69, 9.17) is 21.1 Å². The number of fused-ring (bicyclic) bond motifs is 2. The van der Waals surface area contributed by atoms with Crippen LogP contribution < -0.4 is 19.1 Å². The molecule has 3 aliphatic rings. The lowest BCUT2D eigenvalue weighted by molar-refractivity contribution is -0.386. The summed E-state index contributed by atoms with van der Waals surface area (Å²) < 4.78 is 42.2. The van der Waals surface area contributed by atoms with Crippen LogP contribution in [0.1, 0.15) is 71.8 Å². The molecule has 1 amide bonds. The standard InChI is InChI=1S/C48H48ClN7O7S/c1-30-4-11-42(51-26-30)34-21-40-43(56(58)59)23-38(24-44(40)62-29-34)64(60,61)53-47(57)39-10-9-36(22-45(39)63-37-20-32-13-15-50-46(32)52-27-37)55-18-16-54(17-19-55)28-33-12-14-48(2,3)25-41(33)31-5-7-35(49)8-6-31/h4-11,13,15,20,22-24,26-27,34H,12,14,16-19,21,25,28-29H2,1-3H3,(H,50,52)(H,53,57)/t34-/m0/s1. The van der Waals surface area contributed by atoms with Gasteiger partial charge in [-0.15, -0.1) is 0 Å². The summed E-state index contributed by atoms with van der Waals surface area (Å²) in [5.74, 6) is -0.731. The molecule has 1 fully saturated rings. The van der Waals surface area contributed by atoms with E-state index in [0.29, 0.717) is 30.2 Å². The number of allylic oxidation sites excluding steroid dienone is 1. The summed E-state index contributed by atoms with van der Waals surface area (Å²) in [5, 5.41) is 13.9. The minimum atomic E-state index is -4.65. The van der Waals surface area contributed by atoms with Crippen LogP contribution in [-0.2, 0) is 16.4 Å². The molecule has 0 spiro atoms.